The van der Waals surface area contributed by atoms with E-state index in [4.69, 9.17) is 0 Å². The highest BCUT2D eigenvalue weighted by molar-refractivity contribution is 5.96. The molecule has 0 saturated heterocycles. The molecule has 1 aromatic heterocycles. The van der Waals surface area contributed by atoms with Crippen molar-refractivity contribution < 1.29 is 9.59 Å². The molecule has 3 N–H and O–H groups in total. The molecular weight excluding hydrogens is 346 g/mol. The molecule has 0 spiro atoms. The first-order valence-electron chi connectivity index (χ1n) is 9.41. The van der Waals surface area contributed by atoms with Crippen molar-refractivity contribution in [2.45, 2.75) is 50.6 Å². The highest BCUT2D eigenvalue weighted by atomic mass is 16.2. The van der Waals surface area contributed by atoms with Crippen molar-refractivity contribution in [3.8, 4) is 11.4 Å². The van der Waals surface area contributed by atoms with E-state index in [9.17, 15) is 9.59 Å². The van der Waals surface area contributed by atoms with Crippen molar-refractivity contribution in [3.05, 3.63) is 24.3 Å². The average molecular weight is 369 g/mol. The van der Waals surface area contributed by atoms with Crippen molar-refractivity contribution >= 4 is 17.6 Å². The minimum atomic E-state index is -0.425. The molecule has 2 fully saturated rings. The van der Waals surface area contributed by atoms with Crippen LogP contribution in [0.4, 0.5) is 10.5 Å². The molecule has 2 aliphatic carbocycles. The van der Waals surface area contributed by atoms with Gasteiger partial charge in [0.15, 0.2) is 5.82 Å². The molecular formula is C18H23N7O2. The number of hydrogen-bond donors (Lipinski definition) is 3. The van der Waals surface area contributed by atoms with Crippen molar-refractivity contribution in [1.82, 2.24) is 30.8 Å². The van der Waals surface area contributed by atoms with E-state index in [2.05, 4.69) is 31.5 Å². The van der Waals surface area contributed by atoms with Gasteiger partial charge in [0, 0.05) is 17.3 Å². The summed E-state index contributed by atoms with van der Waals surface area (Å²) in [5.41, 5.74) is 1.65. The van der Waals surface area contributed by atoms with Crippen LogP contribution in [0.15, 0.2) is 24.3 Å². The fourth-order valence-electron chi connectivity index (χ4n) is 3.36. The quantitative estimate of drug-likeness (QED) is 0.716. The Morgan fingerprint density at radius 3 is 2.74 bits per heavy atom. The molecule has 0 bridgehead atoms. The lowest BCUT2D eigenvalue weighted by atomic mass is 10.2. The smallest absolute Gasteiger partial charge is 0.321 e. The van der Waals surface area contributed by atoms with Gasteiger partial charge in [0.2, 0.25) is 5.91 Å². The summed E-state index contributed by atoms with van der Waals surface area (Å²) in [7, 11) is 0. The van der Waals surface area contributed by atoms with Gasteiger partial charge in [0.25, 0.3) is 0 Å². The van der Waals surface area contributed by atoms with Crippen LogP contribution in [0.25, 0.3) is 11.4 Å². The normalized spacial score (nSPS) is 16.9. The van der Waals surface area contributed by atoms with Gasteiger partial charge < -0.3 is 10.6 Å². The van der Waals surface area contributed by atoms with Gasteiger partial charge in [-0.1, -0.05) is 25.0 Å². The van der Waals surface area contributed by atoms with Gasteiger partial charge >= 0.3 is 6.03 Å². The fourth-order valence-corrected chi connectivity index (χ4v) is 3.36. The van der Waals surface area contributed by atoms with E-state index >= 15 is 0 Å². The van der Waals surface area contributed by atoms with Crippen molar-refractivity contribution in [2.24, 2.45) is 0 Å². The predicted molar refractivity (Wildman–Crippen MR) is 98.9 cm³/mol. The Kier molecular flexibility index (Phi) is 4.99. The van der Waals surface area contributed by atoms with Crippen LogP contribution in [-0.2, 0) is 4.79 Å². The van der Waals surface area contributed by atoms with E-state index in [1.54, 1.807) is 0 Å². The second-order valence-electron chi connectivity index (χ2n) is 7.12. The first-order valence-corrected chi connectivity index (χ1v) is 9.41. The van der Waals surface area contributed by atoms with Gasteiger partial charge in [0.05, 0.1) is 12.6 Å². The molecule has 2 aliphatic rings. The number of imide groups is 1. The molecule has 0 atom stereocenters. The number of tetrazole rings is 1. The third-order valence-electron chi connectivity index (χ3n) is 4.90. The Balaban J connectivity index is 1.31. The Hall–Kier alpha value is -2.97. The van der Waals surface area contributed by atoms with Crippen LogP contribution in [0.1, 0.15) is 44.6 Å². The summed E-state index contributed by atoms with van der Waals surface area (Å²) in [5.74, 6) is 0.347. The van der Waals surface area contributed by atoms with Crippen LogP contribution in [0, 0.1) is 0 Å². The summed E-state index contributed by atoms with van der Waals surface area (Å²) < 4.78 is 1.85. The third kappa shape index (κ3) is 4.42. The number of nitrogens with zero attached hydrogens (tertiary/aromatic N) is 4. The molecule has 3 amide bonds. The lowest BCUT2D eigenvalue weighted by Gasteiger charge is -2.13. The van der Waals surface area contributed by atoms with Crippen LogP contribution in [0.3, 0.4) is 0 Å². The minimum absolute atomic E-state index is 0.00903. The molecule has 2 saturated carbocycles. The number of benzene rings is 1. The molecule has 0 radical (unpaired) electrons. The topological polar surface area (TPSA) is 114 Å². The van der Waals surface area contributed by atoms with Crippen LogP contribution in [0.5, 0.6) is 0 Å². The average Bonchev–Trinajstić information content (AvgIpc) is 3.16. The summed E-state index contributed by atoms with van der Waals surface area (Å²) >= 11 is 0. The van der Waals surface area contributed by atoms with Gasteiger partial charge in [-0.15, -0.1) is 5.10 Å². The number of nitrogens with one attached hydrogen (secondary N) is 3. The number of aromatic nitrogens is 4. The Labute approximate surface area is 156 Å². The summed E-state index contributed by atoms with van der Waals surface area (Å²) in [6.07, 6.45) is 6.40. The first kappa shape index (κ1) is 17.4. The van der Waals surface area contributed by atoms with E-state index in [0.717, 1.165) is 55.6 Å². The number of hydrogen-bond acceptors (Lipinski definition) is 6. The summed E-state index contributed by atoms with van der Waals surface area (Å²) in [6, 6.07) is 7.72. The monoisotopic (exact) mass is 369 g/mol. The van der Waals surface area contributed by atoms with E-state index in [-0.39, 0.29) is 18.5 Å². The first-order chi connectivity index (χ1) is 13.2. The van der Waals surface area contributed by atoms with Crippen LogP contribution >= 0.6 is 0 Å². The molecule has 9 heteroatoms. The molecule has 1 aromatic carbocycles. The molecule has 9 nitrogen and oxygen atoms in total. The molecule has 4 rings (SSSR count). The number of rotatable bonds is 6. The SMILES string of the molecule is O=C(CNc1cccc(-c2nnnn2C2CC2)c1)NC(=O)NC1CCCC1. The van der Waals surface area contributed by atoms with Gasteiger partial charge in [-0.3, -0.25) is 10.1 Å². The van der Waals surface area contributed by atoms with Gasteiger partial charge in [-0.2, -0.15) is 0 Å². The highest BCUT2D eigenvalue weighted by Gasteiger charge is 2.28. The Bertz CT molecular complexity index is 825. The summed E-state index contributed by atoms with van der Waals surface area (Å²) in [4.78, 5) is 23.8. The van der Waals surface area contributed by atoms with E-state index in [1.165, 1.54) is 0 Å². The molecule has 2 aromatic rings. The zero-order valence-corrected chi connectivity index (χ0v) is 15.0. The van der Waals surface area contributed by atoms with Crippen LogP contribution < -0.4 is 16.0 Å². The number of carbonyl (C=O) groups is 2. The Morgan fingerprint density at radius 1 is 1.15 bits per heavy atom. The van der Waals surface area contributed by atoms with Crippen molar-refractivity contribution in [3.63, 3.8) is 0 Å². The second kappa shape index (κ2) is 7.73. The van der Waals surface area contributed by atoms with E-state index < -0.39 is 6.03 Å². The number of amides is 3. The second-order valence-corrected chi connectivity index (χ2v) is 7.12. The van der Waals surface area contributed by atoms with E-state index in [1.807, 2.05) is 28.9 Å². The zero-order chi connectivity index (χ0) is 18.6. The maximum atomic E-state index is 12.0. The summed E-state index contributed by atoms with van der Waals surface area (Å²) in [5, 5.41) is 20.2. The Morgan fingerprint density at radius 2 is 1.96 bits per heavy atom. The lowest BCUT2D eigenvalue weighted by Crippen LogP contribution is -2.45. The molecule has 27 heavy (non-hydrogen) atoms. The standard InChI is InChI=1S/C18H23N7O2/c26-16(21-18(27)20-13-5-1-2-6-13)11-19-14-7-3-4-12(10-14)17-22-23-24-25(17)15-8-9-15/h3-4,7,10,13,15,19H,1-2,5-6,8-9,11H2,(H2,20,21,26,27). The number of anilines is 1. The molecule has 142 valence electrons. The fraction of sp³-hybridized carbons (Fsp3) is 0.500. The maximum Gasteiger partial charge on any atom is 0.321 e. The van der Waals surface area contributed by atoms with Gasteiger partial charge in [0.1, 0.15) is 0 Å². The third-order valence-corrected chi connectivity index (χ3v) is 4.90. The van der Waals surface area contributed by atoms with Gasteiger partial charge in [-0.25, -0.2) is 9.48 Å². The summed E-state index contributed by atoms with van der Waals surface area (Å²) in [6.45, 7) is 0.00903. The molecule has 1 heterocycles. The van der Waals surface area contributed by atoms with Crippen LogP contribution in [0.2, 0.25) is 0 Å². The van der Waals surface area contributed by atoms with Crippen molar-refractivity contribution in [1.29, 1.82) is 0 Å². The number of carbonyl (C=O) groups excluding carboxylic acids is 2. The highest BCUT2D eigenvalue weighted by Crippen LogP contribution is 2.36. The van der Waals surface area contributed by atoms with E-state index in [0.29, 0.717) is 6.04 Å². The zero-order valence-electron chi connectivity index (χ0n) is 15.0. The predicted octanol–water partition coefficient (Wildman–Crippen LogP) is 1.86. The van der Waals surface area contributed by atoms with Crippen molar-refractivity contribution in [2.75, 3.05) is 11.9 Å². The van der Waals surface area contributed by atoms with Gasteiger partial charge in [-0.05, 0) is 48.2 Å². The maximum absolute atomic E-state index is 12.0. The largest absolute Gasteiger partial charge is 0.376 e. The minimum Gasteiger partial charge on any atom is -0.376 e. The van der Waals surface area contributed by atoms with Crippen LogP contribution in [-0.4, -0.2) is 44.7 Å². The molecule has 0 unspecified atom stereocenters. The lowest BCUT2D eigenvalue weighted by molar-refractivity contribution is -0.118. The number of urea groups is 1. The molecule has 0 aliphatic heterocycles.